The summed E-state index contributed by atoms with van der Waals surface area (Å²) in [7, 11) is 0. The topological polar surface area (TPSA) is 68.2 Å². The molecule has 1 aromatic rings. The molecule has 2 N–H and O–H groups in total. The van der Waals surface area contributed by atoms with Gasteiger partial charge in [0.15, 0.2) is 11.6 Å². The third kappa shape index (κ3) is 6.50. The molecule has 1 heterocycles. The van der Waals surface area contributed by atoms with Crippen LogP contribution < -0.4 is 10.3 Å². The maximum absolute atomic E-state index is 13.0. The summed E-state index contributed by atoms with van der Waals surface area (Å²) < 4.78 is 0. The lowest BCUT2D eigenvalue weighted by Crippen LogP contribution is -2.52. The highest BCUT2D eigenvalue weighted by molar-refractivity contribution is 7.80. The van der Waals surface area contributed by atoms with Crippen molar-refractivity contribution in [3.8, 4) is 5.75 Å². The molecule has 2 rings (SSSR count). The zero-order valence-corrected chi connectivity index (χ0v) is 24.7. The number of benzene rings is 1. The average molecular weight is 525 g/mol. The highest BCUT2D eigenvalue weighted by Crippen LogP contribution is 2.35. The molecule has 1 unspecified atom stereocenters. The van der Waals surface area contributed by atoms with Crippen LogP contribution in [0.25, 0.3) is 0 Å². The van der Waals surface area contributed by atoms with Gasteiger partial charge in [-0.2, -0.15) is 0 Å². The molecule has 1 atom stereocenters. The molecular weight excluding hydrogens is 480 g/mol. The zero-order chi connectivity index (χ0) is 28.1. The number of carbonyl (C=O) groups is 1. The van der Waals surface area contributed by atoms with Crippen molar-refractivity contribution in [3.63, 3.8) is 0 Å². The molecule has 202 valence electrons. The molecule has 0 fully saturated rings. The molecule has 0 bridgehead atoms. The van der Waals surface area contributed by atoms with Gasteiger partial charge in [-0.15, -0.1) is 0 Å². The summed E-state index contributed by atoms with van der Waals surface area (Å²) >= 11 is 5.59. The summed E-state index contributed by atoms with van der Waals surface area (Å²) in [5, 5.41) is 12.9. The molecule has 0 radical (unpaired) electrons. The number of carbonyl (C=O) groups excluding carboxylic acids is 1. The Balaban J connectivity index is 2.67. The van der Waals surface area contributed by atoms with Crippen LogP contribution >= 0.6 is 12.2 Å². The molecule has 7 heteroatoms. The SMILES string of the molecule is C=C1N=C(c2cc(N(C(C)=S)C(C)(C)C(=O)CCC)ccc2O)NN(C(=C)CCC)/C1=C(/C)C(C)CC. The van der Waals surface area contributed by atoms with Crippen LogP contribution in [-0.2, 0) is 4.79 Å². The van der Waals surface area contributed by atoms with E-state index in [-0.39, 0.29) is 11.5 Å². The zero-order valence-electron chi connectivity index (χ0n) is 23.9. The van der Waals surface area contributed by atoms with Gasteiger partial charge in [0.2, 0.25) is 0 Å². The fourth-order valence-electron chi connectivity index (χ4n) is 4.61. The summed E-state index contributed by atoms with van der Waals surface area (Å²) in [6.45, 7) is 24.7. The summed E-state index contributed by atoms with van der Waals surface area (Å²) in [5.41, 5.74) is 7.35. The van der Waals surface area contributed by atoms with Gasteiger partial charge in [0.25, 0.3) is 0 Å². The van der Waals surface area contributed by atoms with Gasteiger partial charge in [-0.3, -0.25) is 15.2 Å². The summed E-state index contributed by atoms with van der Waals surface area (Å²) in [4.78, 5) is 20.2. The number of hydrogen-bond acceptors (Lipinski definition) is 6. The Morgan fingerprint density at radius 2 is 1.84 bits per heavy atom. The second-order valence-corrected chi connectivity index (χ2v) is 10.9. The van der Waals surface area contributed by atoms with Crippen molar-refractivity contribution in [2.24, 2.45) is 10.9 Å². The fraction of sp³-hybridized carbons (Fsp3) is 0.500. The third-order valence-corrected chi connectivity index (χ3v) is 7.25. The van der Waals surface area contributed by atoms with Crippen LogP contribution in [0.15, 0.2) is 59.0 Å². The second-order valence-electron chi connectivity index (χ2n) is 10.3. The monoisotopic (exact) mass is 524 g/mol. The number of hydrazine groups is 1. The second kappa shape index (κ2) is 12.5. The molecule has 0 aromatic heterocycles. The third-order valence-electron chi connectivity index (χ3n) is 7.07. The first-order valence-electron chi connectivity index (χ1n) is 13.2. The number of aromatic hydroxyl groups is 1. The number of rotatable bonds is 11. The van der Waals surface area contributed by atoms with Crippen molar-refractivity contribution in [1.82, 2.24) is 10.4 Å². The largest absolute Gasteiger partial charge is 0.507 e. The van der Waals surface area contributed by atoms with Gasteiger partial charge in [-0.25, -0.2) is 4.99 Å². The molecule has 1 aliphatic heterocycles. The Hall–Kier alpha value is -2.93. The van der Waals surface area contributed by atoms with Gasteiger partial charge in [0, 0.05) is 17.8 Å². The molecule has 0 spiro atoms. The van der Waals surface area contributed by atoms with Crippen molar-refractivity contribution in [1.29, 1.82) is 0 Å². The average Bonchev–Trinajstić information content (AvgIpc) is 2.83. The number of nitrogens with zero attached hydrogens (tertiary/aromatic N) is 3. The Morgan fingerprint density at radius 1 is 1.22 bits per heavy atom. The van der Waals surface area contributed by atoms with E-state index in [9.17, 15) is 9.90 Å². The van der Waals surface area contributed by atoms with Crippen molar-refractivity contribution in [3.05, 3.63) is 59.6 Å². The Bertz CT molecular complexity index is 1130. The van der Waals surface area contributed by atoms with Crippen LogP contribution in [0.5, 0.6) is 5.75 Å². The maximum Gasteiger partial charge on any atom is 0.158 e. The summed E-state index contributed by atoms with van der Waals surface area (Å²) in [5.74, 6) is 0.977. The van der Waals surface area contributed by atoms with E-state index in [0.717, 1.165) is 37.1 Å². The first-order chi connectivity index (χ1) is 17.3. The minimum Gasteiger partial charge on any atom is -0.507 e. The molecule has 0 saturated heterocycles. The Kier molecular flexibility index (Phi) is 10.3. The molecule has 0 amide bonds. The number of Topliss-reactive ketones (excluding diaryl/α,β-unsaturated/α-hetero) is 1. The quantitative estimate of drug-likeness (QED) is 0.294. The minimum atomic E-state index is -0.841. The predicted octanol–water partition coefficient (Wildman–Crippen LogP) is 7.41. The number of hydrogen-bond donors (Lipinski definition) is 2. The van der Waals surface area contributed by atoms with Crippen LogP contribution in [0, 0.1) is 5.92 Å². The van der Waals surface area contributed by atoms with Crippen LogP contribution in [0.4, 0.5) is 5.69 Å². The Labute approximate surface area is 228 Å². The molecule has 37 heavy (non-hydrogen) atoms. The molecular formula is C30H44N4O2S. The fourth-order valence-corrected chi connectivity index (χ4v) is 4.95. The lowest BCUT2D eigenvalue weighted by Gasteiger charge is -2.39. The number of ketones is 1. The molecule has 0 saturated carbocycles. The van der Waals surface area contributed by atoms with Gasteiger partial charge in [0.05, 0.1) is 27.5 Å². The first kappa shape index (κ1) is 30.3. The van der Waals surface area contributed by atoms with E-state index in [2.05, 4.69) is 46.3 Å². The van der Waals surface area contributed by atoms with Gasteiger partial charge < -0.3 is 10.0 Å². The first-order valence-corrected chi connectivity index (χ1v) is 13.6. The van der Waals surface area contributed by atoms with Crippen molar-refractivity contribution in [2.45, 2.75) is 93.0 Å². The number of amidine groups is 1. The van der Waals surface area contributed by atoms with Gasteiger partial charge in [-0.1, -0.05) is 59.5 Å². The summed E-state index contributed by atoms with van der Waals surface area (Å²) in [6, 6.07) is 5.21. The Morgan fingerprint density at radius 3 is 2.38 bits per heavy atom. The standard InChI is InChI=1S/C30H44N4O2S/c1-11-14-20(5)34-28(21(6)19(4)13-3)22(7)31-29(32-34)25-18-24(16-17-26(25)35)33(23(8)37)30(9,10)27(36)15-12-2/h16-19,35H,5,7,11-15H2,1-4,6,8-10H3,(H,31,32)/b28-21-. The van der Waals surface area contributed by atoms with Crippen LogP contribution in [0.3, 0.4) is 0 Å². The number of allylic oxidation sites excluding steroid dienone is 2. The predicted molar refractivity (Wildman–Crippen MR) is 160 cm³/mol. The lowest BCUT2D eigenvalue weighted by atomic mass is 9.92. The van der Waals surface area contributed by atoms with Crippen molar-refractivity contribution >= 4 is 34.5 Å². The van der Waals surface area contributed by atoms with Crippen LogP contribution in [0.2, 0.25) is 0 Å². The van der Waals surface area contributed by atoms with Crippen LogP contribution in [-0.4, -0.2) is 32.3 Å². The highest BCUT2D eigenvalue weighted by atomic mass is 32.1. The summed E-state index contributed by atoms with van der Waals surface area (Å²) in [6.07, 6.45) is 3.96. The van der Waals surface area contributed by atoms with E-state index >= 15 is 0 Å². The molecule has 1 aromatic carbocycles. The highest BCUT2D eigenvalue weighted by Gasteiger charge is 2.36. The number of nitrogens with one attached hydrogen (secondary N) is 1. The number of phenolic OH excluding ortho intramolecular Hbond substituents is 1. The van der Waals surface area contributed by atoms with E-state index in [1.165, 1.54) is 5.57 Å². The lowest BCUT2D eigenvalue weighted by molar-refractivity contribution is -0.122. The van der Waals surface area contributed by atoms with Gasteiger partial charge in [0.1, 0.15) is 5.75 Å². The van der Waals surface area contributed by atoms with Crippen molar-refractivity contribution < 1.29 is 9.90 Å². The van der Waals surface area contributed by atoms with E-state index in [1.807, 2.05) is 43.7 Å². The smallest absolute Gasteiger partial charge is 0.158 e. The number of aliphatic imine (C=N–C) groups is 1. The van der Waals surface area contributed by atoms with E-state index in [0.29, 0.717) is 40.1 Å². The van der Waals surface area contributed by atoms with E-state index in [4.69, 9.17) is 17.2 Å². The molecule has 6 nitrogen and oxygen atoms in total. The van der Waals surface area contributed by atoms with E-state index in [1.54, 1.807) is 12.1 Å². The normalized spacial score (nSPS) is 16.1. The van der Waals surface area contributed by atoms with Gasteiger partial charge in [-0.05, 0) is 76.6 Å². The molecule has 0 aliphatic carbocycles. The number of anilines is 1. The van der Waals surface area contributed by atoms with Crippen molar-refractivity contribution in [2.75, 3.05) is 4.90 Å². The van der Waals surface area contributed by atoms with Crippen LogP contribution in [0.1, 0.15) is 93.1 Å². The maximum atomic E-state index is 13.0. The van der Waals surface area contributed by atoms with E-state index < -0.39 is 5.54 Å². The van der Waals surface area contributed by atoms with Gasteiger partial charge >= 0.3 is 0 Å². The molecule has 1 aliphatic rings. The minimum absolute atomic E-state index is 0.0644. The number of thiocarbonyl (C=S) groups is 1. The number of phenols is 1.